The Balaban J connectivity index is 2.09. The molecule has 0 aliphatic heterocycles. The fourth-order valence-electron chi connectivity index (χ4n) is 3.63. The Hall–Kier alpha value is -1.76. The fourth-order valence-corrected chi connectivity index (χ4v) is 3.63. The predicted octanol–water partition coefficient (Wildman–Crippen LogP) is 6.92. The first-order valence-electron chi connectivity index (χ1n) is 9.55. The Morgan fingerprint density at radius 3 is 1.60 bits per heavy atom. The molecule has 0 unspecified atom stereocenters. The van der Waals surface area contributed by atoms with Gasteiger partial charge >= 0.3 is 0 Å². The molecule has 0 saturated heterocycles. The highest BCUT2D eigenvalue weighted by Gasteiger charge is 2.27. The summed E-state index contributed by atoms with van der Waals surface area (Å²) in [6.07, 6.45) is 4.04. The first kappa shape index (κ1) is 18.0. The van der Waals surface area contributed by atoms with Crippen LogP contribution in [0.4, 0.5) is 0 Å². The zero-order chi connectivity index (χ0) is 18.4. The molecule has 0 radical (unpaired) electrons. The minimum Gasteiger partial charge on any atom is -0.507 e. The molecule has 0 spiro atoms. The Labute approximate surface area is 153 Å². The van der Waals surface area contributed by atoms with Crippen molar-refractivity contribution in [3.05, 3.63) is 53.1 Å². The van der Waals surface area contributed by atoms with E-state index in [1.165, 1.54) is 36.0 Å². The van der Waals surface area contributed by atoms with Crippen molar-refractivity contribution in [3.63, 3.8) is 0 Å². The maximum atomic E-state index is 10.9. The van der Waals surface area contributed by atoms with Crippen LogP contribution >= 0.6 is 0 Å². The average molecular weight is 337 g/mol. The van der Waals surface area contributed by atoms with Crippen molar-refractivity contribution in [1.82, 2.24) is 0 Å². The molecule has 25 heavy (non-hydrogen) atoms. The van der Waals surface area contributed by atoms with Gasteiger partial charge in [0.1, 0.15) is 5.75 Å². The summed E-state index contributed by atoms with van der Waals surface area (Å²) in [5, 5.41) is 10.9. The Morgan fingerprint density at radius 1 is 0.760 bits per heavy atom. The molecular formula is C24H32O. The molecule has 0 heterocycles. The van der Waals surface area contributed by atoms with E-state index in [0.717, 1.165) is 17.0 Å². The molecule has 1 N–H and O–H groups in total. The maximum absolute atomic E-state index is 10.9. The van der Waals surface area contributed by atoms with E-state index < -0.39 is 0 Å². The number of hydrogen-bond acceptors (Lipinski definition) is 1. The number of benzene rings is 2. The molecule has 1 aliphatic rings. The van der Waals surface area contributed by atoms with E-state index in [-0.39, 0.29) is 10.8 Å². The van der Waals surface area contributed by atoms with E-state index in [0.29, 0.717) is 5.75 Å². The second kappa shape index (κ2) is 6.20. The van der Waals surface area contributed by atoms with Crippen LogP contribution in [0, 0.1) is 0 Å². The van der Waals surface area contributed by atoms with Crippen LogP contribution in [0.1, 0.15) is 83.4 Å². The molecule has 1 aliphatic carbocycles. The SMILES string of the molecule is CC(C)(C)c1cc(-c2ccc(C3CCC3)cc2)cc(C(C)(C)C)c1O. The molecule has 0 amide bonds. The van der Waals surface area contributed by atoms with E-state index in [4.69, 9.17) is 0 Å². The van der Waals surface area contributed by atoms with Crippen molar-refractivity contribution in [2.45, 2.75) is 77.6 Å². The minimum absolute atomic E-state index is 0.0913. The predicted molar refractivity (Wildman–Crippen MR) is 108 cm³/mol. The van der Waals surface area contributed by atoms with Crippen LogP contribution < -0.4 is 0 Å². The van der Waals surface area contributed by atoms with Crippen LogP contribution in [0.5, 0.6) is 5.75 Å². The largest absolute Gasteiger partial charge is 0.507 e. The van der Waals surface area contributed by atoms with Crippen molar-refractivity contribution in [2.24, 2.45) is 0 Å². The molecule has 1 saturated carbocycles. The van der Waals surface area contributed by atoms with Gasteiger partial charge in [0.15, 0.2) is 0 Å². The van der Waals surface area contributed by atoms with E-state index >= 15 is 0 Å². The summed E-state index contributed by atoms with van der Waals surface area (Å²) >= 11 is 0. The van der Waals surface area contributed by atoms with E-state index in [2.05, 4.69) is 77.9 Å². The van der Waals surface area contributed by atoms with Gasteiger partial charge in [-0.25, -0.2) is 0 Å². The molecule has 134 valence electrons. The third-order valence-electron chi connectivity index (χ3n) is 5.55. The van der Waals surface area contributed by atoms with Crippen molar-refractivity contribution >= 4 is 0 Å². The zero-order valence-corrected chi connectivity index (χ0v) is 16.6. The first-order chi connectivity index (χ1) is 11.6. The number of aromatic hydroxyl groups is 1. The third kappa shape index (κ3) is 3.61. The highest BCUT2D eigenvalue weighted by atomic mass is 16.3. The van der Waals surface area contributed by atoms with Crippen molar-refractivity contribution in [2.75, 3.05) is 0 Å². The molecule has 2 aromatic rings. The lowest BCUT2D eigenvalue weighted by atomic mass is 9.77. The maximum Gasteiger partial charge on any atom is 0.123 e. The summed E-state index contributed by atoms with van der Waals surface area (Å²) in [5.41, 5.74) is 5.78. The number of hydrogen-bond donors (Lipinski definition) is 1. The van der Waals surface area contributed by atoms with Crippen molar-refractivity contribution in [3.8, 4) is 16.9 Å². The lowest BCUT2D eigenvalue weighted by Crippen LogP contribution is -2.17. The summed E-state index contributed by atoms with van der Waals surface area (Å²) in [4.78, 5) is 0. The quantitative estimate of drug-likeness (QED) is 0.631. The summed E-state index contributed by atoms with van der Waals surface area (Å²) < 4.78 is 0. The summed E-state index contributed by atoms with van der Waals surface area (Å²) in [7, 11) is 0. The first-order valence-corrected chi connectivity index (χ1v) is 9.55. The van der Waals surface area contributed by atoms with Gasteiger partial charge in [-0.2, -0.15) is 0 Å². The number of phenols is 1. The van der Waals surface area contributed by atoms with Gasteiger partial charge in [0, 0.05) is 11.1 Å². The molecule has 0 aromatic heterocycles. The molecule has 2 aromatic carbocycles. The lowest BCUT2D eigenvalue weighted by Gasteiger charge is -2.28. The number of phenolic OH excluding ortho intramolecular Hbond substituents is 1. The van der Waals surface area contributed by atoms with Crippen LogP contribution in [0.25, 0.3) is 11.1 Å². The summed E-state index contributed by atoms with van der Waals surface area (Å²) in [5.74, 6) is 1.22. The van der Waals surface area contributed by atoms with Gasteiger partial charge in [-0.05, 0) is 58.4 Å². The van der Waals surface area contributed by atoms with Gasteiger partial charge in [-0.3, -0.25) is 0 Å². The van der Waals surface area contributed by atoms with Crippen LogP contribution in [0.15, 0.2) is 36.4 Å². The minimum atomic E-state index is -0.0913. The Kier molecular flexibility index (Phi) is 4.47. The van der Waals surface area contributed by atoms with E-state index in [9.17, 15) is 5.11 Å². The van der Waals surface area contributed by atoms with Crippen molar-refractivity contribution in [1.29, 1.82) is 0 Å². The van der Waals surface area contributed by atoms with Gasteiger partial charge in [-0.1, -0.05) is 72.2 Å². The second-order valence-electron chi connectivity index (χ2n) is 9.67. The van der Waals surface area contributed by atoms with Gasteiger partial charge in [0.05, 0.1) is 0 Å². The van der Waals surface area contributed by atoms with Crippen LogP contribution in [0.3, 0.4) is 0 Å². The van der Waals surface area contributed by atoms with E-state index in [1.54, 1.807) is 0 Å². The molecular weight excluding hydrogens is 304 g/mol. The lowest BCUT2D eigenvalue weighted by molar-refractivity contribution is 0.420. The topological polar surface area (TPSA) is 20.2 Å². The smallest absolute Gasteiger partial charge is 0.123 e. The second-order valence-corrected chi connectivity index (χ2v) is 9.67. The highest BCUT2D eigenvalue weighted by Crippen LogP contribution is 2.42. The standard InChI is InChI=1S/C24H32O/c1-23(2,3)20-14-19(15-21(22(20)25)24(4,5)6)18-12-10-17(11-13-18)16-8-7-9-16/h10-16,25H,7-9H2,1-6H3. The molecule has 0 atom stereocenters. The number of rotatable bonds is 2. The fraction of sp³-hybridized carbons (Fsp3) is 0.500. The van der Waals surface area contributed by atoms with Crippen LogP contribution in [0.2, 0.25) is 0 Å². The Morgan fingerprint density at radius 2 is 1.24 bits per heavy atom. The highest BCUT2D eigenvalue weighted by molar-refractivity contribution is 5.69. The van der Waals surface area contributed by atoms with Gasteiger partial charge in [0.2, 0.25) is 0 Å². The van der Waals surface area contributed by atoms with Crippen LogP contribution in [-0.2, 0) is 10.8 Å². The monoisotopic (exact) mass is 336 g/mol. The molecule has 0 bridgehead atoms. The van der Waals surface area contributed by atoms with Gasteiger partial charge < -0.3 is 5.11 Å². The third-order valence-corrected chi connectivity index (χ3v) is 5.55. The molecule has 1 heteroatoms. The van der Waals surface area contributed by atoms with Crippen molar-refractivity contribution < 1.29 is 5.11 Å². The Bertz CT molecular complexity index is 715. The zero-order valence-electron chi connectivity index (χ0n) is 16.6. The average Bonchev–Trinajstić information content (AvgIpc) is 2.44. The van der Waals surface area contributed by atoms with Gasteiger partial charge in [-0.15, -0.1) is 0 Å². The van der Waals surface area contributed by atoms with E-state index in [1.807, 2.05) is 0 Å². The summed E-state index contributed by atoms with van der Waals surface area (Å²) in [6.45, 7) is 13.0. The molecule has 1 nitrogen and oxygen atoms in total. The molecule has 1 fully saturated rings. The van der Waals surface area contributed by atoms with Crippen LogP contribution in [-0.4, -0.2) is 5.11 Å². The summed E-state index contributed by atoms with van der Waals surface area (Å²) in [6, 6.07) is 13.4. The van der Waals surface area contributed by atoms with Gasteiger partial charge in [0.25, 0.3) is 0 Å². The molecule has 3 rings (SSSR count). The normalized spacial score (nSPS) is 15.9.